The minimum Gasteiger partial charge on any atom is -0.410 e. The SMILES string of the molecule is Cc1ccc(C(=O)CSc2nnc(-c3sc4nc(C)cc(C)c4c3-n3cccc3)o2)cc1. The van der Waals surface area contributed by atoms with Gasteiger partial charge in [0, 0.05) is 29.0 Å². The van der Waals surface area contributed by atoms with E-state index in [9.17, 15) is 4.79 Å². The van der Waals surface area contributed by atoms with Gasteiger partial charge in [0.15, 0.2) is 5.78 Å². The molecule has 0 spiro atoms. The van der Waals surface area contributed by atoms with Gasteiger partial charge in [-0.2, -0.15) is 0 Å². The van der Waals surface area contributed by atoms with Crippen LogP contribution in [-0.4, -0.2) is 31.3 Å². The summed E-state index contributed by atoms with van der Waals surface area (Å²) in [4.78, 5) is 19.0. The number of nitrogens with zero attached hydrogens (tertiary/aromatic N) is 4. The molecule has 4 heterocycles. The summed E-state index contributed by atoms with van der Waals surface area (Å²) in [5, 5.41) is 9.91. The zero-order valence-electron chi connectivity index (χ0n) is 17.8. The first-order chi connectivity index (χ1) is 15.5. The number of aromatic nitrogens is 4. The lowest BCUT2D eigenvalue weighted by Gasteiger charge is -2.06. The molecule has 5 rings (SSSR count). The maximum absolute atomic E-state index is 12.5. The molecule has 0 amide bonds. The second-order valence-electron chi connectivity index (χ2n) is 7.58. The predicted molar refractivity (Wildman–Crippen MR) is 128 cm³/mol. The van der Waals surface area contributed by atoms with E-state index >= 15 is 0 Å². The molecular formula is C24H20N4O2S2. The Labute approximate surface area is 193 Å². The summed E-state index contributed by atoms with van der Waals surface area (Å²) in [6.45, 7) is 6.08. The Bertz CT molecular complexity index is 1420. The summed E-state index contributed by atoms with van der Waals surface area (Å²) >= 11 is 2.79. The maximum Gasteiger partial charge on any atom is 0.277 e. The molecule has 160 valence electrons. The Kier molecular flexibility index (Phi) is 5.40. The number of carbonyl (C=O) groups is 1. The molecule has 4 aromatic heterocycles. The average Bonchev–Trinajstić information content (AvgIpc) is 3.51. The summed E-state index contributed by atoms with van der Waals surface area (Å²) in [5.74, 6) is 0.695. The Morgan fingerprint density at radius 1 is 1.09 bits per heavy atom. The molecule has 0 aliphatic heterocycles. The molecule has 0 atom stereocenters. The van der Waals surface area contributed by atoms with Crippen LogP contribution in [0.15, 0.2) is 64.5 Å². The predicted octanol–water partition coefficient (Wildman–Crippen LogP) is 6.04. The molecule has 1 aromatic carbocycles. The molecular weight excluding hydrogens is 440 g/mol. The molecule has 0 fully saturated rings. The lowest BCUT2D eigenvalue weighted by molar-refractivity contribution is 0.102. The van der Waals surface area contributed by atoms with Crippen molar-refractivity contribution in [1.82, 2.24) is 19.7 Å². The number of hydrogen-bond donors (Lipinski definition) is 0. The highest BCUT2D eigenvalue weighted by Gasteiger charge is 2.23. The van der Waals surface area contributed by atoms with Crippen molar-refractivity contribution in [3.63, 3.8) is 0 Å². The minimum absolute atomic E-state index is 0.0277. The first kappa shape index (κ1) is 20.7. The van der Waals surface area contributed by atoms with Crippen molar-refractivity contribution in [1.29, 1.82) is 0 Å². The number of Topliss-reactive ketones (excluding diaryl/α,β-unsaturated/α-hetero) is 1. The second-order valence-corrected chi connectivity index (χ2v) is 9.51. The maximum atomic E-state index is 12.5. The number of benzene rings is 1. The topological polar surface area (TPSA) is 73.8 Å². The van der Waals surface area contributed by atoms with Crippen molar-refractivity contribution < 1.29 is 9.21 Å². The summed E-state index contributed by atoms with van der Waals surface area (Å²) in [6.07, 6.45) is 3.99. The number of thioether (sulfide) groups is 1. The Balaban J connectivity index is 1.47. The highest BCUT2D eigenvalue weighted by molar-refractivity contribution is 7.99. The third kappa shape index (κ3) is 3.87. The lowest BCUT2D eigenvalue weighted by Crippen LogP contribution is -2.02. The van der Waals surface area contributed by atoms with E-state index in [2.05, 4.69) is 27.8 Å². The zero-order valence-corrected chi connectivity index (χ0v) is 19.5. The van der Waals surface area contributed by atoms with E-state index in [1.165, 1.54) is 23.1 Å². The number of fused-ring (bicyclic) bond motifs is 1. The highest BCUT2D eigenvalue weighted by atomic mass is 32.2. The fourth-order valence-electron chi connectivity index (χ4n) is 3.61. The first-order valence-corrected chi connectivity index (χ1v) is 11.9. The van der Waals surface area contributed by atoms with Gasteiger partial charge in [-0.25, -0.2) is 4.98 Å². The smallest absolute Gasteiger partial charge is 0.277 e. The fraction of sp³-hybridized carbons (Fsp3) is 0.167. The molecule has 0 saturated carbocycles. The standard InChI is InChI=1S/C24H20N4O2S2/c1-14-6-8-17(9-7-14)18(29)13-31-24-27-26-22(30-24)21-20(28-10-4-5-11-28)19-15(2)12-16(3)25-23(19)32-21/h4-12H,13H2,1-3H3. The van der Waals surface area contributed by atoms with Gasteiger partial charge in [-0.15, -0.1) is 21.5 Å². The van der Waals surface area contributed by atoms with Gasteiger partial charge in [0.25, 0.3) is 11.1 Å². The zero-order chi connectivity index (χ0) is 22.2. The van der Waals surface area contributed by atoms with E-state index < -0.39 is 0 Å². The largest absolute Gasteiger partial charge is 0.410 e. The van der Waals surface area contributed by atoms with Gasteiger partial charge in [-0.1, -0.05) is 41.6 Å². The van der Waals surface area contributed by atoms with Gasteiger partial charge < -0.3 is 8.98 Å². The van der Waals surface area contributed by atoms with E-state index in [-0.39, 0.29) is 11.5 Å². The summed E-state index contributed by atoms with van der Waals surface area (Å²) < 4.78 is 8.02. The van der Waals surface area contributed by atoms with Gasteiger partial charge in [0.2, 0.25) is 0 Å². The van der Waals surface area contributed by atoms with Crippen LogP contribution >= 0.6 is 23.1 Å². The fourth-order valence-corrected chi connectivity index (χ4v) is 5.48. The number of thiophene rings is 1. The van der Waals surface area contributed by atoms with Gasteiger partial charge in [0.1, 0.15) is 9.71 Å². The van der Waals surface area contributed by atoms with E-state index in [1.54, 1.807) is 0 Å². The summed E-state index contributed by atoms with van der Waals surface area (Å²) in [6, 6.07) is 13.6. The second kappa shape index (κ2) is 8.37. The quantitative estimate of drug-likeness (QED) is 0.227. The first-order valence-electron chi connectivity index (χ1n) is 10.1. The van der Waals surface area contributed by atoms with Crippen LogP contribution in [0.1, 0.15) is 27.2 Å². The van der Waals surface area contributed by atoms with Crippen LogP contribution in [0.3, 0.4) is 0 Å². The molecule has 8 heteroatoms. The van der Waals surface area contributed by atoms with E-state index in [1.807, 2.05) is 62.6 Å². The van der Waals surface area contributed by atoms with Gasteiger partial charge in [0.05, 0.1) is 11.4 Å². The van der Waals surface area contributed by atoms with E-state index in [4.69, 9.17) is 9.40 Å². The van der Waals surface area contributed by atoms with Crippen molar-refractivity contribution in [2.75, 3.05) is 5.75 Å². The minimum atomic E-state index is 0.0277. The van der Waals surface area contributed by atoms with E-state index in [0.717, 1.165) is 37.6 Å². The number of hydrogen-bond acceptors (Lipinski definition) is 7. The normalized spacial score (nSPS) is 11.3. The molecule has 0 aliphatic rings. The van der Waals surface area contributed by atoms with Crippen molar-refractivity contribution >= 4 is 39.1 Å². The molecule has 0 radical (unpaired) electrons. The average molecular weight is 461 g/mol. The molecule has 6 nitrogen and oxygen atoms in total. The van der Waals surface area contributed by atoms with Crippen LogP contribution in [0.25, 0.3) is 26.7 Å². The Hall–Kier alpha value is -3.23. The van der Waals surface area contributed by atoms with Gasteiger partial charge >= 0.3 is 0 Å². The van der Waals surface area contributed by atoms with Crippen LogP contribution in [-0.2, 0) is 0 Å². The van der Waals surface area contributed by atoms with Gasteiger partial charge in [-0.3, -0.25) is 4.79 Å². The molecule has 5 aromatic rings. The molecule has 0 bridgehead atoms. The monoisotopic (exact) mass is 460 g/mol. The molecule has 0 unspecified atom stereocenters. The Morgan fingerprint density at radius 3 is 2.59 bits per heavy atom. The number of ketones is 1. The van der Waals surface area contributed by atoms with Crippen LogP contribution in [0.2, 0.25) is 0 Å². The number of rotatable bonds is 6. The van der Waals surface area contributed by atoms with E-state index in [0.29, 0.717) is 16.7 Å². The molecule has 0 saturated heterocycles. The highest BCUT2D eigenvalue weighted by Crippen LogP contribution is 2.42. The van der Waals surface area contributed by atoms with Gasteiger partial charge in [-0.05, 0) is 44.5 Å². The third-order valence-corrected chi connectivity index (χ3v) is 7.01. The van der Waals surface area contributed by atoms with Crippen molar-refractivity contribution in [2.45, 2.75) is 26.0 Å². The number of carbonyl (C=O) groups excluding carboxylic acids is 1. The van der Waals surface area contributed by atoms with Crippen LogP contribution in [0.4, 0.5) is 0 Å². The number of aryl methyl sites for hydroxylation is 3. The van der Waals surface area contributed by atoms with Crippen molar-refractivity contribution in [3.8, 4) is 16.5 Å². The van der Waals surface area contributed by atoms with Crippen molar-refractivity contribution in [3.05, 3.63) is 77.2 Å². The number of pyridine rings is 1. The lowest BCUT2D eigenvalue weighted by atomic mass is 10.1. The molecule has 32 heavy (non-hydrogen) atoms. The molecule has 0 N–H and O–H groups in total. The van der Waals surface area contributed by atoms with Crippen molar-refractivity contribution in [2.24, 2.45) is 0 Å². The Morgan fingerprint density at radius 2 is 1.84 bits per heavy atom. The van der Waals surface area contributed by atoms with Crippen LogP contribution < -0.4 is 0 Å². The third-order valence-electron chi connectivity index (χ3n) is 5.13. The molecule has 0 aliphatic carbocycles. The van der Waals surface area contributed by atoms with Crippen LogP contribution in [0.5, 0.6) is 0 Å². The van der Waals surface area contributed by atoms with Crippen LogP contribution in [0, 0.1) is 20.8 Å². The summed E-state index contributed by atoms with van der Waals surface area (Å²) in [5.41, 5.74) is 4.90. The summed E-state index contributed by atoms with van der Waals surface area (Å²) in [7, 11) is 0.